The molecule has 0 aliphatic heterocycles. The van der Waals surface area contributed by atoms with Gasteiger partial charge >= 0.3 is 0 Å². The summed E-state index contributed by atoms with van der Waals surface area (Å²) in [4.78, 5) is 0. The van der Waals surface area contributed by atoms with Crippen LogP contribution in [-0.4, -0.2) is 4.64 Å². The van der Waals surface area contributed by atoms with Crippen molar-refractivity contribution in [3.05, 3.63) is 11.9 Å². The number of hydrogen-bond donors (Lipinski definition) is 1. The molecule has 0 fully saturated rings. The van der Waals surface area contributed by atoms with Crippen molar-refractivity contribution >= 4 is 11.8 Å². The van der Waals surface area contributed by atoms with E-state index in [1.165, 1.54) is 0 Å². The SMILES string of the molecule is N/C(F)=C(\F)N(F)Cl. The average Bonchev–Trinajstić information content (AvgIpc) is 1.64. The predicted molar refractivity (Wildman–Crippen MR) is 22.2 cm³/mol. The lowest BCUT2D eigenvalue weighted by Gasteiger charge is -1.96. The van der Waals surface area contributed by atoms with Crippen LogP contribution in [0.5, 0.6) is 0 Å². The first-order chi connectivity index (χ1) is 3.55. The molecule has 2 nitrogen and oxygen atoms in total. The molecule has 0 saturated carbocycles. The maximum atomic E-state index is 11.4. The van der Waals surface area contributed by atoms with Gasteiger partial charge in [-0.25, -0.2) is 0 Å². The lowest BCUT2D eigenvalue weighted by molar-refractivity contribution is 0.144. The van der Waals surface area contributed by atoms with Crippen molar-refractivity contribution in [2.45, 2.75) is 0 Å². The van der Waals surface area contributed by atoms with E-state index in [0.29, 0.717) is 0 Å². The standard InChI is InChI=1S/C2H2ClF3N2/c3-8(6)2(5)1(4)7/h7H2/b2-1+. The lowest BCUT2D eigenvalue weighted by atomic mass is 10.9. The van der Waals surface area contributed by atoms with Gasteiger partial charge in [0.05, 0.1) is 0 Å². The third-order valence-electron chi connectivity index (χ3n) is 0.345. The van der Waals surface area contributed by atoms with Crippen LogP contribution in [0, 0.1) is 0 Å². The summed E-state index contributed by atoms with van der Waals surface area (Å²) < 4.78 is 32.8. The maximum absolute atomic E-state index is 11.4. The van der Waals surface area contributed by atoms with Crippen molar-refractivity contribution in [1.82, 2.24) is 4.64 Å². The van der Waals surface area contributed by atoms with Crippen LogP contribution in [0.2, 0.25) is 0 Å². The molecule has 0 spiro atoms. The van der Waals surface area contributed by atoms with E-state index in [9.17, 15) is 13.3 Å². The van der Waals surface area contributed by atoms with Crippen molar-refractivity contribution in [3.63, 3.8) is 0 Å². The summed E-state index contributed by atoms with van der Waals surface area (Å²) in [5, 5.41) is 0. The van der Waals surface area contributed by atoms with E-state index < -0.39 is 16.5 Å². The zero-order valence-corrected chi connectivity index (χ0v) is 4.29. The van der Waals surface area contributed by atoms with Gasteiger partial charge in [-0.2, -0.15) is 8.78 Å². The van der Waals surface area contributed by atoms with Crippen LogP contribution >= 0.6 is 11.8 Å². The Kier molecular flexibility index (Phi) is 2.47. The van der Waals surface area contributed by atoms with E-state index in [0.717, 1.165) is 0 Å². The Bertz CT molecular complexity index is 108. The highest BCUT2D eigenvalue weighted by Crippen LogP contribution is 2.11. The Balaban J connectivity index is 4.00. The molecule has 0 radical (unpaired) electrons. The monoisotopic (exact) mass is 146 g/mol. The second-order valence-electron chi connectivity index (χ2n) is 0.872. The van der Waals surface area contributed by atoms with Gasteiger partial charge in [-0.1, -0.05) is 9.12 Å². The molecule has 0 aromatic carbocycles. The summed E-state index contributed by atoms with van der Waals surface area (Å²) in [7, 11) is 0. The predicted octanol–water partition coefficient (Wildman–Crippen LogP) is 1.35. The van der Waals surface area contributed by atoms with E-state index >= 15 is 0 Å². The first-order valence-electron chi connectivity index (χ1n) is 1.48. The zero-order chi connectivity index (χ0) is 6.73. The average molecular weight is 146 g/mol. The smallest absolute Gasteiger partial charge is 0.287 e. The van der Waals surface area contributed by atoms with Crippen molar-refractivity contribution in [2.75, 3.05) is 0 Å². The van der Waals surface area contributed by atoms with Gasteiger partial charge in [-0.15, -0.1) is 0 Å². The second kappa shape index (κ2) is 2.66. The molecule has 0 heterocycles. The van der Waals surface area contributed by atoms with Crippen LogP contribution in [-0.2, 0) is 0 Å². The van der Waals surface area contributed by atoms with Crippen molar-refractivity contribution < 1.29 is 13.3 Å². The number of hydrogen-bond acceptors (Lipinski definition) is 2. The summed E-state index contributed by atoms with van der Waals surface area (Å²) in [6, 6.07) is 0. The summed E-state index contributed by atoms with van der Waals surface area (Å²) >= 11 is 4.24. The van der Waals surface area contributed by atoms with Crippen LogP contribution in [0.4, 0.5) is 13.3 Å². The van der Waals surface area contributed by atoms with E-state index in [-0.39, 0.29) is 0 Å². The van der Waals surface area contributed by atoms with E-state index in [1.54, 1.807) is 0 Å². The van der Waals surface area contributed by atoms with Gasteiger partial charge in [-0.05, 0) is 0 Å². The highest BCUT2D eigenvalue weighted by atomic mass is 35.5. The Morgan fingerprint density at radius 3 is 1.88 bits per heavy atom. The Morgan fingerprint density at radius 2 is 1.88 bits per heavy atom. The molecule has 8 heavy (non-hydrogen) atoms. The van der Waals surface area contributed by atoms with Crippen LogP contribution in [0.15, 0.2) is 11.9 Å². The van der Waals surface area contributed by atoms with Gasteiger partial charge in [0.25, 0.3) is 5.95 Å². The molecule has 0 amide bonds. The van der Waals surface area contributed by atoms with Crippen molar-refractivity contribution in [3.8, 4) is 0 Å². The van der Waals surface area contributed by atoms with Crippen LogP contribution < -0.4 is 5.73 Å². The fourth-order valence-corrected chi connectivity index (χ4v) is 0.161. The number of nitrogens with two attached hydrogens (primary N) is 1. The molecule has 0 atom stereocenters. The number of halogens is 4. The number of nitrogens with zero attached hydrogens (tertiary/aromatic N) is 1. The second-order valence-corrected chi connectivity index (χ2v) is 1.17. The summed E-state index contributed by atoms with van der Waals surface area (Å²) in [6.07, 6.45) is 0. The van der Waals surface area contributed by atoms with Gasteiger partial charge in [0.15, 0.2) is 0 Å². The fraction of sp³-hybridized carbons (Fsp3) is 0. The third-order valence-corrected chi connectivity index (χ3v) is 0.494. The van der Waals surface area contributed by atoms with Crippen LogP contribution in [0.3, 0.4) is 0 Å². The van der Waals surface area contributed by atoms with Gasteiger partial charge in [0.2, 0.25) is 5.95 Å². The topological polar surface area (TPSA) is 29.3 Å². The van der Waals surface area contributed by atoms with Crippen molar-refractivity contribution in [2.24, 2.45) is 5.73 Å². The third kappa shape index (κ3) is 1.92. The molecule has 0 saturated heterocycles. The van der Waals surface area contributed by atoms with Crippen LogP contribution in [0.1, 0.15) is 0 Å². The molecule has 0 aliphatic carbocycles. The van der Waals surface area contributed by atoms with Gasteiger partial charge in [-0.3, -0.25) is 0 Å². The quantitative estimate of drug-likeness (QED) is 0.447. The Labute approximate surface area is 48.4 Å². The van der Waals surface area contributed by atoms with Crippen molar-refractivity contribution in [1.29, 1.82) is 0 Å². The molecule has 48 valence electrons. The van der Waals surface area contributed by atoms with E-state index in [1.807, 2.05) is 0 Å². The summed E-state index contributed by atoms with van der Waals surface area (Å²) in [6.45, 7) is 0. The molecule has 0 rings (SSSR count). The Morgan fingerprint density at radius 1 is 1.50 bits per heavy atom. The van der Waals surface area contributed by atoms with Gasteiger partial charge < -0.3 is 5.73 Å². The van der Waals surface area contributed by atoms with Gasteiger partial charge in [0, 0.05) is 11.8 Å². The molecule has 0 aliphatic rings. The molecule has 0 unspecified atom stereocenters. The molecular weight excluding hydrogens is 144 g/mol. The minimum atomic E-state index is -1.94. The van der Waals surface area contributed by atoms with Gasteiger partial charge in [0.1, 0.15) is 0 Å². The summed E-state index contributed by atoms with van der Waals surface area (Å²) in [5.74, 6) is -3.73. The highest BCUT2D eigenvalue weighted by molar-refractivity contribution is 6.13. The Hall–Kier alpha value is -0.580. The molecule has 0 aromatic heterocycles. The minimum absolute atomic E-state index is 1.07. The first-order valence-corrected chi connectivity index (χ1v) is 1.82. The molecule has 6 heteroatoms. The van der Waals surface area contributed by atoms with E-state index in [2.05, 4.69) is 17.5 Å². The minimum Gasteiger partial charge on any atom is -0.372 e. The number of rotatable bonds is 1. The molecule has 0 bridgehead atoms. The largest absolute Gasteiger partial charge is 0.372 e. The maximum Gasteiger partial charge on any atom is 0.287 e. The van der Waals surface area contributed by atoms with E-state index in [4.69, 9.17) is 0 Å². The highest BCUT2D eigenvalue weighted by Gasteiger charge is 2.08. The summed E-state index contributed by atoms with van der Waals surface area (Å²) in [5.41, 5.74) is 4.11. The van der Waals surface area contributed by atoms with Crippen LogP contribution in [0.25, 0.3) is 0 Å². The first kappa shape index (κ1) is 7.42. The molecule has 0 aromatic rings. The normalized spacial score (nSPS) is 13.0. The molecule has 2 N–H and O–H groups in total. The molecular formula is C2H2ClF3N2. The lowest BCUT2D eigenvalue weighted by Crippen LogP contribution is -2.01. The fourth-order valence-electron chi connectivity index (χ4n) is 0.0807. The zero-order valence-electron chi connectivity index (χ0n) is 3.54.